The molecule has 1 aromatic rings. The Bertz CT molecular complexity index is 441. The summed E-state index contributed by atoms with van der Waals surface area (Å²) in [7, 11) is 3.19. The maximum Gasteiger partial charge on any atom is 0.244 e. The number of hydrogen-bond acceptors (Lipinski definition) is 3. The van der Waals surface area contributed by atoms with Gasteiger partial charge in [-0.15, -0.1) is 0 Å². The molecule has 19 heavy (non-hydrogen) atoms. The Morgan fingerprint density at radius 2 is 2.11 bits per heavy atom. The van der Waals surface area contributed by atoms with Crippen molar-refractivity contribution in [1.82, 2.24) is 5.32 Å². The van der Waals surface area contributed by atoms with Crippen molar-refractivity contribution in [2.75, 3.05) is 20.8 Å². The van der Waals surface area contributed by atoms with Gasteiger partial charge in [0.25, 0.3) is 0 Å². The van der Waals surface area contributed by atoms with Crippen LogP contribution in [0.5, 0.6) is 11.5 Å². The molecule has 0 saturated carbocycles. The number of carbonyl (C=O) groups excluding carboxylic acids is 1. The van der Waals surface area contributed by atoms with Gasteiger partial charge in [-0.25, -0.2) is 0 Å². The molecule has 0 spiro atoms. The molecule has 0 bridgehead atoms. The average molecular weight is 263 g/mol. The van der Waals surface area contributed by atoms with E-state index in [-0.39, 0.29) is 5.91 Å². The summed E-state index contributed by atoms with van der Waals surface area (Å²) in [5.41, 5.74) is 0.842. The lowest BCUT2D eigenvalue weighted by Gasteiger charge is -2.07. The van der Waals surface area contributed by atoms with E-state index in [9.17, 15) is 4.79 Å². The summed E-state index contributed by atoms with van der Waals surface area (Å²) in [6.07, 6.45) is 5.31. The molecule has 1 amide bonds. The summed E-state index contributed by atoms with van der Waals surface area (Å²) in [6, 6.07) is 5.47. The minimum atomic E-state index is -0.0914. The molecule has 0 radical (unpaired) electrons. The second-order valence-corrected chi connectivity index (χ2v) is 4.09. The van der Waals surface area contributed by atoms with E-state index in [1.165, 1.54) is 6.08 Å². The van der Waals surface area contributed by atoms with Gasteiger partial charge < -0.3 is 14.8 Å². The van der Waals surface area contributed by atoms with Gasteiger partial charge in [0.2, 0.25) is 5.91 Å². The van der Waals surface area contributed by atoms with E-state index in [4.69, 9.17) is 9.47 Å². The first-order valence-corrected chi connectivity index (χ1v) is 6.39. The molecule has 0 unspecified atom stereocenters. The molecule has 4 heteroatoms. The highest BCUT2D eigenvalue weighted by Gasteiger charge is 2.02. The topological polar surface area (TPSA) is 47.6 Å². The minimum Gasteiger partial charge on any atom is -0.497 e. The zero-order valence-corrected chi connectivity index (χ0v) is 11.7. The summed E-state index contributed by atoms with van der Waals surface area (Å²) in [4.78, 5) is 11.6. The Morgan fingerprint density at radius 1 is 1.32 bits per heavy atom. The first kappa shape index (κ1) is 15.1. The molecule has 1 aromatic carbocycles. The summed E-state index contributed by atoms with van der Waals surface area (Å²) in [5, 5.41) is 2.82. The van der Waals surface area contributed by atoms with Crippen LogP contribution in [0.3, 0.4) is 0 Å². The minimum absolute atomic E-state index is 0.0914. The molecular weight excluding hydrogens is 242 g/mol. The van der Waals surface area contributed by atoms with Crippen LogP contribution in [0.4, 0.5) is 0 Å². The van der Waals surface area contributed by atoms with Gasteiger partial charge in [-0.2, -0.15) is 0 Å². The van der Waals surface area contributed by atoms with Crippen LogP contribution in [0.1, 0.15) is 25.3 Å². The molecular formula is C15H21NO3. The van der Waals surface area contributed by atoms with Gasteiger partial charge in [-0.3, -0.25) is 4.79 Å². The fraction of sp³-hybridized carbons (Fsp3) is 0.400. The molecule has 0 aromatic heterocycles. The van der Waals surface area contributed by atoms with Gasteiger partial charge >= 0.3 is 0 Å². The molecule has 0 aliphatic rings. The molecule has 104 valence electrons. The Kier molecular flexibility index (Phi) is 6.50. The van der Waals surface area contributed by atoms with Crippen LogP contribution < -0.4 is 14.8 Å². The van der Waals surface area contributed by atoms with Gasteiger partial charge in [0.05, 0.1) is 14.2 Å². The maximum absolute atomic E-state index is 11.6. The number of amides is 1. The molecule has 1 rings (SSSR count). The fourth-order valence-corrected chi connectivity index (χ4v) is 1.57. The van der Waals surface area contributed by atoms with E-state index in [0.29, 0.717) is 12.3 Å². The lowest BCUT2D eigenvalue weighted by molar-refractivity contribution is -0.116. The lowest BCUT2D eigenvalue weighted by Crippen LogP contribution is -2.21. The number of methoxy groups -OCH3 is 2. The third-order valence-electron chi connectivity index (χ3n) is 2.68. The van der Waals surface area contributed by atoms with Gasteiger partial charge in [0.1, 0.15) is 11.5 Å². The second-order valence-electron chi connectivity index (χ2n) is 4.09. The highest BCUT2D eigenvalue weighted by Crippen LogP contribution is 2.25. The van der Waals surface area contributed by atoms with E-state index >= 15 is 0 Å². The molecule has 0 aliphatic carbocycles. The van der Waals surface area contributed by atoms with E-state index in [2.05, 4.69) is 12.2 Å². The van der Waals surface area contributed by atoms with Crippen molar-refractivity contribution >= 4 is 12.0 Å². The summed E-state index contributed by atoms with van der Waals surface area (Å²) in [6.45, 7) is 2.80. The fourth-order valence-electron chi connectivity index (χ4n) is 1.57. The van der Waals surface area contributed by atoms with Crippen molar-refractivity contribution in [1.29, 1.82) is 0 Å². The summed E-state index contributed by atoms with van der Waals surface area (Å²) >= 11 is 0. The lowest BCUT2D eigenvalue weighted by atomic mass is 10.1. The Labute approximate surface area is 114 Å². The summed E-state index contributed by atoms with van der Waals surface area (Å²) in [5.74, 6) is 1.31. The predicted molar refractivity (Wildman–Crippen MR) is 76.5 cm³/mol. The number of rotatable bonds is 7. The largest absolute Gasteiger partial charge is 0.497 e. The number of hydrogen-bond donors (Lipinski definition) is 1. The zero-order chi connectivity index (χ0) is 14.1. The van der Waals surface area contributed by atoms with Crippen LogP contribution >= 0.6 is 0 Å². The first-order valence-electron chi connectivity index (χ1n) is 6.39. The standard InChI is InChI=1S/C15H21NO3/c1-4-5-10-16-15(17)9-7-12-6-8-13(18-2)11-14(12)19-3/h6-9,11H,4-5,10H2,1-3H3,(H,16,17)/b9-7+. The van der Waals surface area contributed by atoms with E-state index < -0.39 is 0 Å². The number of unbranched alkanes of at least 4 members (excludes halogenated alkanes) is 1. The van der Waals surface area contributed by atoms with Crippen LogP contribution in [0.2, 0.25) is 0 Å². The number of carbonyl (C=O) groups is 1. The van der Waals surface area contributed by atoms with Crippen LogP contribution in [-0.2, 0) is 4.79 Å². The van der Waals surface area contributed by atoms with Gasteiger partial charge in [-0.05, 0) is 24.6 Å². The van der Waals surface area contributed by atoms with Crippen molar-refractivity contribution in [2.24, 2.45) is 0 Å². The molecule has 0 fully saturated rings. The highest BCUT2D eigenvalue weighted by atomic mass is 16.5. The van der Waals surface area contributed by atoms with E-state index in [1.807, 2.05) is 12.1 Å². The Balaban J connectivity index is 2.67. The summed E-state index contributed by atoms with van der Waals surface area (Å²) < 4.78 is 10.4. The molecule has 1 N–H and O–H groups in total. The zero-order valence-electron chi connectivity index (χ0n) is 11.7. The SMILES string of the molecule is CCCCNC(=O)/C=C/c1ccc(OC)cc1OC. The number of benzene rings is 1. The Hall–Kier alpha value is -1.97. The smallest absolute Gasteiger partial charge is 0.244 e. The quantitative estimate of drug-likeness (QED) is 0.607. The molecule has 0 saturated heterocycles. The van der Waals surface area contributed by atoms with Crippen molar-refractivity contribution in [2.45, 2.75) is 19.8 Å². The Morgan fingerprint density at radius 3 is 2.74 bits per heavy atom. The number of ether oxygens (including phenoxy) is 2. The first-order chi connectivity index (χ1) is 9.21. The van der Waals surface area contributed by atoms with E-state index in [1.54, 1.807) is 26.4 Å². The van der Waals surface area contributed by atoms with Crippen molar-refractivity contribution in [3.05, 3.63) is 29.8 Å². The monoisotopic (exact) mass is 263 g/mol. The molecule has 0 aliphatic heterocycles. The third kappa shape index (κ3) is 5.04. The van der Waals surface area contributed by atoms with Crippen molar-refractivity contribution < 1.29 is 14.3 Å². The maximum atomic E-state index is 11.6. The van der Waals surface area contributed by atoms with Crippen LogP contribution in [0.15, 0.2) is 24.3 Å². The molecule has 0 atom stereocenters. The van der Waals surface area contributed by atoms with Gasteiger partial charge in [0, 0.05) is 24.3 Å². The van der Waals surface area contributed by atoms with Crippen LogP contribution in [0, 0.1) is 0 Å². The normalized spacial score (nSPS) is 10.5. The van der Waals surface area contributed by atoms with Gasteiger partial charge in [0.15, 0.2) is 0 Å². The van der Waals surface area contributed by atoms with Crippen LogP contribution in [0.25, 0.3) is 6.08 Å². The predicted octanol–water partition coefficient (Wildman–Crippen LogP) is 2.63. The number of nitrogens with one attached hydrogen (secondary N) is 1. The third-order valence-corrected chi connectivity index (χ3v) is 2.68. The second kappa shape index (κ2) is 8.19. The van der Waals surface area contributed by atoms with Crippen molar-refractivity contribution in [3.63, 3.8) is 0 Å². The highest BCUT2D eigenvalue weighted by molar-refractivity contribution is 5.92. The van der Waals surface area contributed by atoms with E-state index in [0.717, 1.165) is 24.2 Å². The van der Waals surface area contributed by atoms with Crippen LogP contribution in [-0.4, -0.2) is 26.7 Å². The van der Waals surface area contributed by atoms with Crippen molar-refractivity contribution in [3.8, 4) is 11.5 Å². The van der Waals surface area contributed by atoms with Gasteiger partial charge in [-0.1, -0.05) is 13.3 Å². The average Bonchev–Trinajstić information content (AvgIpc) is 2.45. The molecule has 0 heterocycles. The molecule has 4 nitrogen and oxygen atoms in total.